The molecule has 1 amide bonds. The van der Waals surface area contributed by atoms with Gasteiger partial charge in [-0.3, -0.25) is 9.59 Å². The van der Waals surface area contributed by atoms with Crippen LogP contribution in [0.2, 0.25) is 0 Å². The topological polar surface area (TPSA) is 92.7 Å². The van der Waals surface area contributed by atoms with Crippen LogP contribution in [0.4, 0.5) is 0 Å². The van der Waals surface area contributed by atoms with Gasteiger partial charge in [0.2, 0.25) is 0 Å². The second-order valence-corrected chi connectivity index (χ2v) is 8.97. The molecular weight excluding hydrogens is 434 g/mol. The van der Waals surface area contributed by atoms with Gasteiger partial charge in [0, 0.05) is 19.5 Å². The van der Waals surface area contributed by atoms with Crippen molar-refractivity contribution in [3.8, 4) is 0 Å². The first-order valence-electron chi connectivity index (χ1n) is 10.8. The number of rotatable bonds is 6. The molecule has 166 valence electrons. The number of benzene rings is 2. The average molecular weight is 458 g/mol. The van der Waals surface area contributed by atoms with Gasteiger partial charge in [-0.15, -0.1) is 11.3 Å². The summed E-state index contributed by atoms with van der Waals surface area (Å²) in [6, 6.07) is 17.8. The third-order valence-electron chi connectivity index (χ3n) is 5.74. The van der Waals surface area contributed by atoms with E-state index in [1.54, 1.807) is 6.92 Å². The molecule has 0 aliphatic carbocycles. The second kappa shape index (κ2) is 8.63. The number of nitrogens with zero attached hydrogens (tertiary/aromatic N) is 3. The van der Waals surface area contributed by atoms with Crippen molar-refractivity contribution in [2.24, 2.45) is 0 Å². The SMILES string of the molecule is Cc1c(C(=O)NCCn2c(C)nc3ccccc32)sc2nc(Cc3ccccc3)[nH]c(=O)c12. The van der Waals surface area contributed by atoms with E-state index in [0.717, 1.165) is 22.4 Å². The molecule has 2 N–H and O–H groups in total. The van der Waals surface area contributed by atoms with Crippen LogP contribution in [0.25, 0.3) is 21.3 Å². The highest BCUT2D eigenvalue weighted by Gasteiger charge is 2.19. The van der Waals surface area contributed by atoms with E-state index in [0.29, 0.717) is 46.0 Å². The highest BCUT2D eigenvalue weighted by atomic mass is 32.1. The maximum absolute atomic E-state index is 12.9. The summed E-state index contributed by atoms with van der Waals surface area (Å²) in [7, 11) is 0. The third kappa shape index (κ3) is 4.05. The van der Waals surface area contributed by atoms with Crippen molar-refractivity contribution in [1.82, 2.24) is 24.8 Å². The average Bonchev–Trinajstić information content (AvgIpc) is 3.31. The smallest absolute Gasteiger partial charge is 0.261 e. The molecule has 0 atom stereocenters. The number of fused-ring (bicyclic) bond motifs is 2. The fourth-order valence-electron chi connectivity index (χ4n) is 4.12. The lowest BCUT2D eigenvalue weighted by Crippen LogP contribution is -2.27. The Morgan fingerprint density at radius 2 is 1.82 bits per heavy atom. The number of aromatic nitrogens is 4. The number of carbonyl (C=O) groups is 1. The van der Waals surface area contributed by atoms with Gasteiger partial charge in [0.25, 0.3) is 11.5 Å². The molecule has 3 aromatic heterocycles. The molecule has 0 spiro atoms. The minimum atomic E-state index is -0.209. The lowest BCUT2D eigenvalue weighted by Gasteiger charge is -2.08. The quantitative estimate of drug-likeness (QED) is 0.404. The van der Waals surface area contributed by atoms with E-state index in [1.807, 2.05) is 61.5 Å². The van der Waals surface area contributed by atoms with Gasteiger partial charge in [-0.25, -0.2) is 9.97 Å². The van der Waals surface area contributed by atoms with Crippen molar-refractivity contribution in [1.29, 1.82) is 0 Å². The minimum Gasteiger partial charge on any atom is -0.350 e. The predicted molar refractivity (Wildman–Crippen MR) is 131 cm³/mol. The number of hydrogen-bond donors (Lipinski definition) is 2. The van der Waals surface area contributed by atoms with Crippen LogP contribution in [0.3, 0.4) is 0 Å². The molecule has 0 saturated heterocycles. The van der Waals surface area contributed by atoms with Gasteiger partial charge < -0.3 is 14.9 Å². The van der Waals surface area contributed by atoms with Crippen LogP contribution in [0.15, 0.2) is 59.4 Å². The van der Waals surface area contributed by atoms with Crippen molar-refractivity contribution in [3.63, 3.8) is 0 Å². The van der Waals surface area contributed by atoms with Gasteiger partial charge in [0.15, 0.2) is 0 Å². The van der Waals surface area contributed by atoms with Gasteiger partial charge in [-0.05, 0) is 37.1 Å². The number of carbonyl (C=O) groups excluding carboxylic acids is 1. The second-order valence-electron chi connectivity index (χ2n) is 7.97. The molecular formula is C25H23N5O2S. The van der Waals surface area contributed by atoms with E-state index in [1.165, 1.54) is 11.3 Å². The lowest BCUT2D eigenvalue weighted by atomic mass is 10.1. The minimum absolute atomic E-state index is 0.193. The normalized spacial score (nSPS) is 11.3. The van der Waals surface area contributed by atoms with E-state index in [4.69, 9.17) is 0 Å². The number of H-pyrrole nitrogens is 1. The first kappa shape index (κ1) is 21.1. The molecule has 7 nitrogen and oxygen atoms in total. The molecule has 8 heteroatoms. The van der Waals surface area contributed by atoms with Gasteiger partial charge in [0.05, 0.1) is 21.3 Å². The maximum atomic E-state index is 12.9. The van der Waals surface area contributed by atoms with E-state index < -0.39 is 0 Å². The van der Waals surface area contributed by atoms with Crippen LogP contribution >= 0.6 is 11.3 Å². The molecule has 0 unspecified atom stereocenters. The zero-order valence-corrected chi connectivity index (χ0v) is 19.2. The summed E-state index contributed by atoms with van der Waals surface area (Å²) in [4.78, 5) is 38.9. The monoisotopic (exact) mass is 457 g/mol. The van der Waals surface area contributed by atoms with Crippen LogP contribution in [0.5, 0.6) is 0 Å². The molecule has 5 rings (SSSR count). The molecule has 0 radical (unpaired) electrons. The zero-order valence-electron chi connectivity index (χ0n) is 18.4. The van der Waals surface area contributed by atoms with Crippen LogP contribution in [-0.2, 0) is 13.0 Å². The molecule has 0 fully saturated rings. The highest BCUT2D eigenvalue weighted by molar-refractivity contribution is 7.20. The number of amides is 1. The van der Waals surface area contributed by atoms with Gasteiger partial charge in [-0.1, -0.05) is 42.5 Å². The Balaban J connectivity index is 1.35. The highest BCUT2D eigenvalue weighted by Crippen LogP contribution is 2.27. The lowest BCUT2D eigenvalue weighted by molar-refractivity contribution is 0.0956. The largest absolute Gasteiger partial charge is 0.350 e. The third-order valence-corrected chi connectivity index (χ3v) is 6.92. The summed E-state index contributed by atoms with van der Waals surface area (Å²) in [5.74, 6) is 1.31. The Labute approximate surface area is 194 Å². The maximum Gasteiger partial charge on any atom is 0.261 e. The molecule has 5 aromatic rings. The first-order chi connectivity index (χ1) is 16.0. The van der Waals surface area contributed by atoms with Crippen LogP contribution < -0.4 is 10.9 Å². The summed E-state index contributed by atoms with van der Waals surface area (Å²) in [6.07, 6.45) is 0.530. The Morgan fingerprint density at radius 3 is 2.64 bits per heavy atom. The Bertz CT molecular complexity index is 1530. The van der Waals surface area contributed by atoms with E-state index in [2.05, 4.69) is 24.8 Å². The molecule has 0 aliphatic rings. The Hall–Kier alpha value is -3.78. The predicted octanol–water partition coefficient (Wildman–Crippen LogP) is 3.97. The molecule has 3 heterocycles. The fraction of sp³-hybridized carbons (Fsp3) is 0.200. The number of aryl methyl sites for hydroxylation is 2. The molecule has 0 bridgehead atoms. The van der Waals surface area contributed by atoms with Crippen LogP contribution in [0, 0.1) is 13.8 Å². The van der Waals surface area contributed by atoms with Gasteiger partial charge in [0.1, 0.15) is 16.5 Å². The molecule has 0 aliphatic heterocycles. The molecule has 0 saturated carbocycles. The molecule has 33 heavy (non-hydrogen) atoms. The number of imidazole rings is 1. The summed E-state index contributed by atoms with van der Waals surface area (Å²) in [5, 5.41) is 3.47. The van der Waals surface area contributed by atoms with Gasteiger partial charge >= 0.3 is 0 Å². The molecule has 2 aromatic carbocycles. The number of hydrogen-bond acceptors (Lipinski definition) is 5. The van der Waals surface area contributed by atoms with E-state index in [-0.39, 0.29) is 11.5 Å². The van der Waals surface area contributed by atoms with Crippen molar-refractivity contribution in [3.05, 3.63) is 92.6 Å². The number of thiophene rings is 1. The van der Waals surface area contributed by atoms with Crippen molar-refractivity contribution < 1.29 is 4.79 Å². The standard InChI is InChI=1S/C25H23N5O2S/c1-15-21-23(31)28-20(14-17-8-4-3-5-9-17)29-25(21)33-22(15)24(32)26-12-13-30-16(2)27-18-10-6-7-11-19(18)30/h3-11H,12-14H2,1-2H3,(H,26,32)(H,28,29,31). The van der Waals surface area contributed by atoms with Gasteiger partial charge in [-0.2, -0.15) is 0 Å². The summed E-state index contributed by atoms with van der Waals surface area (Å²) in [6.45, 7) is 4.83. The number of para-hydroxylation sites is 2. The van der Waals surface area contributed by atoms with Crippen LogP contribution in [-0.4, -0.2) is 32.0 Å². The van der Waals surface area contributed by atoms with Crippen molar-refractivity contribution >= 4 is 38.5 Å². The van der Waals surface area contributed by atoms with Crippen molar-refractivity contribution in [2.45, 2.75) is 26.8 Å². The first-order valence-corrected chi connectivity index (χ1v) is 11.6. The summed E-state index contributed by atoms with van der Waals surface area (Å²) < 4.78 is 2.09. The number of aromatic amines is 1. The summed E-state index contributed by atoms with van der Waals surface area (Å²) in [5.41, 5.74) is 3.51. The van der Waals surface area contributed by atoms with Crippen LogP contribution in [0.1, 0.15) is 32.4 Å². The van der Waals surface area contributed by atoms with E-state index in [9.17, 15) is 9.59 Å². The van der Waals surface area contributed by atoms with E-state index >= 15 is 0 Å². The number of nitrogens with one attached hydrogen (secondary N) is 2. The Kier molecular flexibility index (Phi) is 5.51. The van der Waals surface area contributed by atoms with Crippen molar-refractivity contribution in [2.75, 3.05) is 6.54 Å². The zero-order chi connectivity index (χ0) is 22.9. The fourth-order valence-corrected chi connectivity index (χ4v) is 5.23. The summed E-state index contributed by atoms with van der Waals surface area (Å²) >= 11 is 1.26. The Morgan fingerprint density at radius 1 is 1.06 bits per heavy atom.